The summed E-state index contributed by atoms with van der Waals surface area (Å²) < 4.78 is 5.53. The molecule has 1 rings (SSSR count). The van der Waals surface area contributed by atoms with Gasteiger partial charge >= 0.3 is 0 Å². The predicted molar refractivity (Wildman–Crippen MR) is 62.7 cm³/mol. The van der Waals surface area contributed by atoms with Crippen LogP contribution in [0.4, 0.5) is 0 Å². The van der Waals surface area contributed by atoms with Crippen molar-refractivity contribution >= 4 is 5.91 Å². The number of hydrogen-bond donors (Lipinski definition) is 2. The van der Waals surface area contributed by atoms with Crippen molar-refractivity contribution in [2.75, 3.05) is 0 Å². The van der Waals surface area contributed by atoms with Crippen molar-refractivity contribution in [3.05, 3.63) is 29.8 Å². The summed E-state index contributed by atoms with van der Waals surface area (Å²) in [6.07, 6.45) is -0.672. The number of amides is 1. The topological polar surface area (TPSA) is 88.1 Å². The fourth-order valence-electron chi connectivity index (χ4n) is 1.36. The molecule has 17 heavy (non-hydrogen) atoms. The number of carbonyl (C=O) groups excluding carboxylic acids is 1. The van der Waals surface area contributed by atoms with Gasteiger partial charge in [0.05, 0.1) is 11.6 Å². The minimum absolute atomic E-state index is 0.0238. The Morgan fingerprint density at radius 2 is 2.24 bits per heavy atom. The second kappa shape index (κ2) is 5.87. The molecule has 5 nitrogen and oxygen atoms in total. The van der Waals surface area contributed by atoms with Gasteiger partial charge in [-0.3, -0.25) is 10.2 Å². The molecule has 0 aliphatic carbocycles. The zero-order valence-corrected chi connectivity index (χ0v) is 9.81. The van der Waals surface area contributed by atoms with Crippen molar-refractivity contribution in [3.8, 4) is 11.8 Å². The van der Waals surface area contributed by atoms with Crippen molar-refractivity contribution in [1.82, 2.24) is 5.43 Å². The molecule has 0 saturated carbocycles. The van der Waals surface area contributed by atoms with E-state index in [2.05, 4.69) is 5.43 Å². The maximum absolute atomic E-state index is 11.5. The van der Waals surface area contributed by atoms with E-state index in [1.807, 2.05) is 19.9 Å². The summed E-state index contributed by atoms with van der Waals surface area (Å²) in [5, 5.41) is 8.76. The van der Waals surface area contributed by atoms with Crippen molar-refractivity contribution < 1.29 is 9.53 Å². The van der Waals surface area contributed by atoms with Crippen LogP contribution in [0.5, 0.6) is 5.75 Å². The Balaban J connectivity index is 2.86. The molecule has 0 bridgehead atoms. The van der Waals surface area contributed by atoms with Crippen LogP contribution in [0.15, 0.2) is 24.3 Å². The van der Waals surface area contributed by atoms with Gasteiger partial charge in [-0.05, 0) is 24.1 Å². The third kappa shape index (κ3) is 3.47. The van der Waals surface area contributed by atoms with Crippen molar-refractivity contribution in [3.63, 3.8) is 0 Å². The number of benzene rings is 1. The lowest BCUT2D eigenvalue weighted by atomic mass is 10.1. The molecule has 0 spiro atoms. The Morgan fingerprint density at radius 3 is 2.76 bits per heavy atom. The van der Waals surface area contributed by atoms with Crippen LogP contribution >= 0.6 is 0 Å². The molecule has 0 heterocycles. The molecule has 0 fully saturated rings. The zero-order chi connectivity index (χ0) is 12.8. The Bertz CT molecular complexity index is 438. The molecule has 0 aliphatic rings. The van der Waals surface area contributed by atoms with E-state index in [9.17, 15) is 4.79 Å². The minimum atomic E-state index is -0.672. The number of nitriles is 1. The average Bonchev–Trinajstić information content (AvgIpc) is 2.35. The van der Waals surface area contributed by atoms with Gasteiger partial charge in [-0.15, -0.1) is 0 Å². The zero-order valence-electron chi connectivity index (χ0n) is 9.81. The standard InChI is InChI=1S/C12H15N3O2/c1-8(2)11(12(16)15-14)17-10-5-3-4-9(6-10)7-13/h3-6,8,11H,14H2,1-2H3,(H,15,16). The smallest absolute Gasteiger partial charge is 0.275 e. The van der Waals surface area contributed by atoms with Crippen molar-refractivity contribution in [2.24, 2.45) is 11.8 Å². The van der Waals surface area contributed by atoms with Gasteiger partial charge in [0.1, 0.15) is 5.75 Å². The maximum atomic E-state index is 11.5. The molecule has 1 unspecified atom stereocenters. The number of hydrazine groups is 1. The van der Waals surface area contributed by atoms with Crippen LogP contribution < -0.4 is 16.0 Å². The largest absolute Gasteiger partial charge is 0.480 e. The molecular formula is C12H15N3O2. The van der Waals surface area contributed by atoms with Gasteiger partial charge in [-0.1, -0.05) is 19.9 Å². The Labute approximate surface area is 100 Å². The average molecular weight is 233 g/mol. The van der Waals surface area contributed by atoms with E-state index in [4.69, 9.17) is 15.8 Å². The summed E-state index contributed by atoms with van der Waals surface area (Å²) in [7, 11) is 0. The van der Waals surface area contributed by atoms with Gasteiger partial charge in [-0.2, -0.15) is 5.26 Å². The molecule has 0 saturated heterocycles. The number of nitrogens with two attached hydrogens (primary N) is 1. The summed E-state index contributed by atoms with van der Waals surface area (Å²) in [6.45, 7) is 3.71. The van der Waals surface area contributed by atoms with Crippen LogP contribution in [-0.4, -0.2) is 12.0 Å². The maximum Gasteiger partial charge on any atom is 0.275 e. The van der Waals surface area contributed by atoms with Gasteiger partial charge in [0, 0.05) is 0 Å². The first-order chi connectivity index (χ1) is 8.08. The molecule has 1 aromatic carbocycles. The van der Waals surface area contributed by atoms with Gasteiger partial charge < -0.3 is 4.74 Å². The SMILES string of the molecule is CC(C)C(Oc1cccc(C#N)c1)C(=O)NN. The number of ether oxygens (including phenoxy) is 1. The predicted octanol–water partition coefficient (Wildman–Crippen LogP) is 0.952. The molecule has 1 atom stereocenters. The Morgan fingerprint density at radius 1 is 1.53 bits per heavy atom. The normalized spacial score (nSPS) is 11.7. The van der Waals surface area contributed by atoms with Crippen LogP contribution in [0, 0.1) is 17.2 Å². The summed E-state index contributed by atoms with van der Waals surface area (Å²) in [6, 6.07) is 8.65. The number of rotatable bonds is 4. The van der Waals surface area contributed by atoms with Gasteiger partial charge in [-0.25, -0.2) is 5.84 Å². The third-order valence-electron chi connectivity index (χ3n) is 2.23. The molecule has 0 aliphatic heterocycles. The number of nitrogens with zero attached hydrogens (tertiary/aromatic N) is 1. The highest BCUT2D eigenvalue weighted by atomic mass is 16.5. The lowest BCUT2D eigenvalue weighted by molar-refractivity contribution is -0.129. The lowest BCUT2D eigenvalue weighted by Crippen LogP contribution is -2.44. The summed E-state index contributed by atoms with van der Waals surface area (Å²) in [5.41, 5.74) is 2.55. The molecule has 0 radical (unpaired) electrons. The highest BCUT2D eigenvalue weighted by Gasteiger charge is 2.23. The van der Waals surface area contributed by atoms with E-state index in [0.29, 0.717) is 11.3 Å². The lowest BCUT2D eigenvalue weighted by Gasteiger charge is -2.20. The van der Waals surface area contributed by atoms with Crippen LogP contribution in [0.25, 0.3) is 0 Å². The number of hydrogen-bond acceptors (Lipinski definition) is 4. The number of carbonyl (C=O) groups is 1. The second-order valence-electron chi connectivity index (χ2n) is 3.93. The summed E-state index contributed by atoms with van der Waals surface area (Å²) >= 11 is 0. The van der Waals surface area contributed by atoms with Gasteiger partial charge in [0.15, 0.2) is 6.10 Å². The fourth-order valence-corrected chi connectivity index (χ4v) is 1.36. The fraction of sp³-hybridized carbons (Fsp3) is 0.333. The molecule has 1 aromatic rings. The first kappa shape index (κ1) is 13.0. The van der Waals surface area contributed by atoms with Crippen LogP contribution in [0.3, 0.4) is 0 Å². The van der Waals surface area contributed by atoms with Crippen molar-refractivity contribution in [2.45, 2.75) is 20.0 Å². The van der Waals surface area contributed by atoms with Crippen LogP contribution in [-0.2, 0) is 4.79 Å². The molecule has 1 amide bonds. The first-order valence-corrected chi connectivity index (χ1v) is 5.25. The van der Waals surface area contributed by atoms with Gasteiger partial charge in [0.25, 0.3) is 5.91 Å². The molecule has 90 valence electrons. The molecule has 5 heteroatoms. The number of nitrogens with one attached hydrogen (secondary N) is 1. The van der Waals surface area contributed by atoms with Crippen molar-refractivity contribution in [1.29, 1.82) is 5.26 Å². The van der Waals surface area contributed by atoms with E-state index < -0.39 is 6.10 Å². The van der Waals surface area contributed by atoms with Crippen LogP contribution in [0.1, 0.15) is 19.4 Å². The monoisotopic (exact) mass is 233 g/mol. The van der Waals surface area contributed by atoms with Gasteiger partial charge in [0.2, 0.25) is 0 Å². The Hall–Kier alpha value is -2.06. The highest BCUT2D eigenvalue weighted by Crippen LogP contribution is 2.17. The van der Waals surface area contributed by atoms with E-state index in [1.165, 1.54) is 0 Å². The minimum Gasteiger partial charge on any atom is -0.480 e. The van der Waals surface area contributed by atoms with E-state index in [1.54, 1.807) is 24.3 Å². The third-order valence-corrected chi connectivity index (χ3v) is 2.23. The van der Waals surface area contributed by atoms with E-state index in [-0.39, 0.29) is 11.8 Å². The quantitative estimate of drug-likeness (QED) is 0.460. The Kier molecular flexibility index (Phi) is 4.49. The summed E-state index contributed by atoms with van der Waals surface area (Å²) in [5.74, 6) is 5.16. The first-order valence-electron chi connectivity index (χ1n) is 5.25. The molecule has 0 aromatic heterocycles. The highest BCUT2D eigenvalue weighted by molar-refractivity contribution is 5.80. The molecule has 3 N–H and O–H groups in total. The van der Waals surface area contributed by atoms with E-state index in [0.717, 1.165) is 0 Å². The van der Waals surface area contributed by atoms with Crippen LogP contribution in [0.2, 0.25) is 0 Å². The second-order valence-corrected chi connectivity index (χ2v) is 3.93. The molecular weight excluding hydrogens is 218 g/mol. The summed E-state index contributed by atoms with van der Waals surface area (Å²) in [4.78, 5) is 11.5. The van der Waals surface area contributed by atoms with E-state index >= 15 is 0 Å².